The average molecular weight is 305 g/mol. The maximum absolute atomic E-state index is 12.6. The van der Waals surface area contributed by atoms with Crippen LogP contribution in [0.2, 0.25) is 0 Å². The molecule has 1 aromatic rings. The monoisotopic (exact) mass is 305 g/mol. The van der Waals surface area contributed by atoms with Gasteiger partial charge < -0.3 is 14.9 Å². The third-order valence-electron chi connectivity index (χ3n) is 4.31. The van der Waals surface area contributed by atoms with E-state index in [1.807, 2.05) is 38.1 Å². The third kappa shape index (κ3) is 4.27. The third-order valence-corrected chi connectivity index (χ3v) is 4.31. The van der Waals surface area contributed by atoms with Crippen molar-refractivity contribution in [3.8, 4) is 0 Å². The van der Waals surface area contributed by atoms with Gasteiger partial charge in [-0.1, -0.05) is 0 Å². The predicted molar refractivity (Wildman–Crippen MR) is 86.6 cm³/mol. The van der Waals surface area contributed by atoms with Crippen LogP contribution in [0.3, 0.4) is 0 Å². The van der Waals surface area contributed by atoms with Crippen molar-refractivity contribution >= 4 is 5.91 Å². The normalized spacial score (nSPS) is 22.1. The summed E-state index contributed by atoms with van der Waals surface area (Å²) in [5.41, 5.74) is 1.74. The Balaban J connectivity index is 2.03. The van der Waals surface area contributed by atoms with E-state index in [2.05, 4.69) is 9.88 Å². The topological polar surface area (TPSA) is 56.7 Å². The Hall–Kier alpha value is -1.46. The zero-order valence-corrected chi connectivity index (χ0v) is 13.9. The Morgan fingerprint density at radius 3 is 2.91 bits per heavy atom. The van der Waals surface area contributed by atoms with E-state index < -0.39 is 0 Å². The number of aliphatic hydroxyl groups excluding tert-OH is 1. The molecule has 1 saturated heterocycles. The highest BCUT2D eigenvalue weighted by molar-refractivity contribution is 5.78. The van der Waals surface area contributed by atoms with E-state index in [0.29, 0.717) is 13.0 Å². The number of hydrogen-bond donors (Lipinski definition) is 1. The number of aliphatic hydroxyl groups is 1. The van der Waals surface area contributed by atoms with E-state index >= 15 is 0 Å². The quantitative estimate of drug-likeness (QED) is 0.885. The molecule has 1 amide bonds. The van der Waals surface area contributed by atoms with Crippen LogP contribution in [0.4, 0.5) is 0 Å². The molecule has 0 aliphatic carbocycles. The largest absolute Gasteiger partial charge is 0.396 e. The van der Waals surface area contributed by atoms with Crippen molar-refractivity contribution in [3.05, 3.63) is 29.6 Å². The van der Waals surface area contributed by atoms with Gasteiger partial charge in [0, 0.05) is 36.9 Å². The smallest absolute Gasteiger partial charge is 0.228 e. The SMILES string of the molecule is Cc1ccnc(CC(=O)N2CCC[C@](CO)(CN(C)C)C2)c1. The summed E-state index contributed by atoms with van der Waals surface area (Å²) in [4.78, 5) is 20.8. The van der Waals surface area contributed by atoms with Gasteiger partial charge in [0.2, 0.25) is 5.91 Å². The van der Waals surface area contributed by atoms with Gasteiger partial charge in [-0.15, -0.1) is 0 Å². The van der Waals surface area contributed by atoms with Gasteiger partial charge in [-0.05, 0) is 51.6 Å². The second-order valence-electron chi connectivity index (χ2n) is 6.82. The predicted octanol–water partition coefficient (Wildman–Crippen LogP) is 1.10. The minimum absolute atomic E-state index is 0.106. The molecule has 1 aliphatic heterocycles. The van der Waals surface area contributed by atoms with Crippen LogP contribution in [0.25, 0.3) is 0 Å². The fourth-order valence-electron chi connectivity index (χ4n) is 3.36. The molecular weight excluding hydrogens is 278 g/mol. The Kier molecular flexibility index (Phi) is 5.53. The maximum atomic E-state index is 12.6. The van der Waals surface area contributed by atoms with Crippen molar-refractivity contribution < 1.29 is 9.90 Å². The summed E-state index contributed by atoms with van der Waals surface area (Å²) in [6, 6.07) is 3.89. The van der Waals surface area contributed by atoms with Gasteiger partial charge in [-0.3, -0.25) is 9.78 Å². The van der Waals surface area contributed by atoms with E-state index in [9.17, 15) is 9.90 Å². The number of carbonyl (C=O) groups excluding carboxylic acids is 1. The van der Waals surface area contributed by atoms with E-state index in [-0.39, 0.29) is 17.9 Å². The van der Waals surface area contributed by atoms with Crippen molar-refractivity contribution in [2.24, 2.45) is 5.41 Å². The molecule has 0 radical (unpaired) electrons. The standard InChI is InChI=1S/C17H27N3O2/c1-14-5-7-18-15(9-14)10-16(22)20-8-4-6-17(12-20,13-21)11-19(2)3/h5,7,9,21H,4,6,8,10-13H2,1-3H3/t17-/m0/s1. The van der Waals surface area contributed by atoms with Gasteiger partial charge in [0.25, 0.3) is 0 Å². The van der Waals surface area contributed by atoms with Crippen LogP contribution in [0.1, 0.15) is 24.1 Å². The first-order valence-electron chi connectivity index (χ1n) is 7.89. The number of amides is 1. The Morgan fingerprint density at radius 1 is 1.50 bits per heavy atom. The number of piperidine rings is 1. The Labute approximate surface area is 132 Å². The fraction of sp³-hybridized carbons (Fsp3) is 0.647. The lowest BCUT2D eigenvalue weighted by Crippen LogP contribution is -2.52. The van der Waals surface area contributed by atoms with Crippen LogP contribution in [0.5, 0.6) is 0 Å². The molecule has 1 aromatic heterocycles. The van der Waals surface area contributed by atoms with Crippen LogP contribution >= 0.6 is 0 Å². The van der Waals surface area contributed by atoms with Crippen molar-refractivity contribution in [3.63, 3.8) is 0 Å². The van der Waals surface area contributed by atoms with E-state index in [0.717, 1.165) is 37.2 Å². The molecule has 0 aromatic carbocycles. The number of aryl methyl sites for hydroxylation is 1. The summed E-state index contributed by atoms with van der Waals surface area (Å²) in [5.74, 6) is 0.106. The molecule has 22 heavy (non-hydrogen) atoms. The summed E-state index contributed by atoms with van der Waals surface area (Å²) in [6.45, 7) is 4.34. The summed E-state index contributed by atoms with van der Waals surface area (Å²) in [6.07, 6.45) is 4.00. The van der Waals surface area contributed by atoms with Gasteiger partial charge in [0.05, 0.1) is 13.0 Å². The van der Waals surface area contributed by atoms with E-state index in [1.165, 1.54) is 0 Å². The number of pyridine rings is 1. The Morgan fingerprint density at radius 2 is 2.27 bits per heavy atom. The molecule has 2 rings (SSSR count). The van der Waals surface area contributed by atoms with Crippen molar-refractivity contribution in [1.82, 2.24) is 14.8 Å². The summed E-state index contributed by atoms with van der Waals surface area (Å²) in [7, 11) is 4.02. The fourth-order valence-corrected chi connectivity index (χ4v) is 3.36. The number of hydrogen-bond acceptors (Lipinski definition) is 4. The van der Waals surface area contributed by atoms with E-state index in [4.69, 9.17) is 0 Å². The maximum Gasteiger partial charge on any atom is 0.228 e. The second-order valence-corrected chi connectivity index (χ2v) is 6.82. The summed E-state index contributed by atoms with van der Waals surface area (Å²) < 4.78 is 0. The lowest BCUT2D eigenvalue weighted by atomic mass is 9.80. The first-order chi connectivity index (χ1) is 10.4. The van der Waals surface area contributed by atoms with Gasteiger partial charge in [0.15, 0.2) is 0 Å². The average Bonchev–Trinajstić information content (AvgIpc) is 2.46. The van der Waals surface area contributed by atoms with Crippen LogP contribution in [-0.4, -0.2) is 66.1 Å². The van der Waals surface area contributed by atoms with Crippen LogP contribution in [0, 0.1) is 12.3 Å². The number of likely N-dealkylation sites (tertiary alicyclic amines) is 1. The van der Waals surface area contributed by atoms with Gasteiger partial charge in [-0.25, -0.2) is 0 Å². The zero-order valence-electron chi connectivity index (χ0n) is 13.9. The lowest BCUT2D eigenvalue weighted by Gasteiger charge is -2.43. The highest BCUT2D eigenvalue weighted by atomic mass is 16.3. The molecule has 5 heteroatoms. The van der Waals surface area contributed by atoms with Gasteiger partial charge in [0.1, 0.15) is 0 Å². The van der Waals surface area contributed by atoms with Crippen LogP contribution in [0.15, 0.2) is 18.3 Å². The van der Waals surface area contributed by atoms with Crippen molar-refractivity contribution in [2.45, 2.75) is 26.2 Å². The van der Waals surface area contributed by atoms with Crippen molar-refractivity contribution in [2.75, 3.05) is 40.3 Å². The van der Waals surface area contributed by atoms with E-state index in [1.54, 1.807) is 6.20 Å². The molecule has 122 valence electrons. The first-order valence-corrected chi connectivity index (χ1v) is 7.89. The van der Waals surface area contributed by atoms with Crippen LogP contribution < -0.4 is 0 Å². The number of rotatable bonds is 5. The minimum atomic E-state index is -0.197. The Bertz CT molecular complexity index is 518. The molecule has 2 heterocycles. The minimum Gasteiger partial charge on any atom is -0.396 e. The van der Waals surface area contributed by atoms with Gasteiger partial charge in [-0.2, -0.15) is 0 Å². The molecular formula is C17H27N3O2. The molecule has 1 fully saturated rings. The van der Waals surface area contributed by atoms with Crippen LogP contribution in [-0.2, 0) is 11.2 Å². The lowest BCUT2D eigenvalue weighted by molar-refractivity contribution is -0.135. The molecule has 0 bridgehead atoms. The summed E-state index contributed by atoms with van der Waals surface area (Å²) >= 11 is 0. The summed E-state index contributed by atoms with van der Waals surface area (Å²) in [5, 5.41) is 9.84. The number of carbonyl (C=O) groups is 1. The number of nitrogens with zero attached hydrogens (tertiary/aromatic N) is 3. The highest BCUT2D eigenvalue weighted by Crippen LogP contribution is 2.30. The molecule has 0 unspecified atom stereocenters. The number of aromatic nitrogens is 1. The zero-order chi connectivity index (χ0) is 16.2. The molecule has 5 nitrogen and oxygen atoms in total. The van der Waals surface area contributed by atoms with Gasteiger partial charge >= 0.3 is 0 Å². The second kappa shape index (κ2) is 7.20. The molecule has 1 atom stereocenters. The van der Waals surface area contributed by atoms with Crippen molar-refractivity contribution in [1.29, 1.82) is 0 Å². The molecule has 0 spiro atoms. The first kappa shape index (κ1) is 16.9. The molecule has 1 aliphatic rings. The molecule has 0 saturated carbocycles. The highest BCUT2D eigenvalue weighted by Gasteiger charge is 2.37. The molecule has 1 N–H and O–H groups in total.